The molecule has 16 heavy (non-hydrogen) atoms. The molecule has 1 aliphatic rings. The van der Waals surface area contributed by atoms with Crippen LogP contribution in [0.25, 0.3) is 0 Å². The summed E-state index contributed by atoms with van der Waals surface area (Å²) in [6, 6.07) is 4.01. The number of halogens is 3. The van der Waals surface area contributed by atoms with Crippen LogP contribution in [0.4, 0.5) is 18.9 Å². The molecule has 1 atom stereocenters. The van der Waals surface area contributed by atoms with Gasteiger partial charge in [-0.15, -0.1) is 0 Å². The van der Waals surface area contributed by atoms with Crippen molar-refractivity contribution in [2.24, 2.45) is 0 Å². The maximum atomic E-state index is 12.7. The summed E-state index contributed by atoms with van der Waals surface area (Å²) < 4.78 is 38.2. The van der Waals surface area contributed by atoms with Crippen LogP contribution in [0, 0.1) is 0 Å². The van der Waals surface area contributed by atoms with E-state index in [-0.39, 0.29) is 18.5 Å². The number of fused-ring (bicyclic) bond motifs is 1. The van der Waals surface area contributed by atoms with Crippen LogP contribution in [0.2, 0.25) is 0 Å². The van der Waals surface area contributed by atoms with Gasteiger partial charge in [-0.05, 0) is 24.6 Å². The van der Waals surface area contributed by atoms with Crippen LogP contribution in [0.1, 0.15) is 18.1 Å². The van der Waals surface area contributed by atoms with E-state index >= 15 is 0 Å². The quantitative estimate of drug-likeness (QED) is 0.718. The third-order valence-corrected chi connectivity index (χ3v) is 2.70. The van der Waals surface area contributed by atoms with Crippen LogP contribution in [-0.4, -0.2) is 17.3 Å². The highest BCUT2D eigenvalue weighted by Crippen LogP contribution is 2.38. The summed E-state index contributed by atoms with van der Waals surface area (Å²) >= 11 is 0. The highest BCUT2D eigenvalue weighted by molar-refractivity contribution is 5.58. The van der Waals surface area contributed by atoms with Crippen LogP contribution in [-0.2, 0) is 12.6 Å². The maximum Gasteiger partial charge on any atom is 0.416 e. The molecule has 0 fully saturated rings. The minimum absolute atomic E-state index is 0.0189. The lowest BCUT2D eigenvalue weighted by Crippen LogP contribution is -2.40. The van der Waals surface area contributed by atoms with Crippen LogP contribution in [0.15, 0.2) is 18.2 Å². The van der Waals surface area contributed by atoms with E-state index in [0.717, 1.165) is 6.07 Å². The third kappa shape index (κ3) is 2.00. The molecule has 2 nitrogen and oxygen atoms in total. The molecule has 0 radical (unpaired) electrons. The van der Waals surface area contributed by atoms with Crippen LogP contribution >= 0.6 is 0 Å². The van der Waals surface area contributed by atoms with Crippen molar-refractivity contribution in [3.63, 3.8) is 0 Å². The van der Waals surface area contributed by atoms with Gasteiger partial charge in [-0.25, -0.2) is 0 Å². The summed E-state index contributed by atoms with van der Waals surface area (Å²) in [4.78, 5) is 0. The molecule has 88 valence electrons. The fraction of sp³-hybridized carbons (Fsp3) is 0.455. The average molecular weight is 231 g/mol. The number of nitrogens with one attached hydrogen (secondary N) is 1. The first-order chi connectivity index (χ1) is 7.30. The lowest BCUT2D eigenvalue weighted by Gasteiger charge is -2.32. The van der Waals surface area contributed by atoms with Gasteiger partial charge >= 0.3 is 6.18 Å². The molecule has 1 aromatic carbocycles. The molecule has 0 aromatic heterocycles. The highest BCUT2D eigenvalue weighted by Gasteiger charge is 2.38. The van der Waals surface area contributed by atoms with E-state index in [4.69, 9.17) is 0 Å². The Morgan fingerprint density at radius 1 is 1.38 bits per heavy atom. The molecule has 2 rings (SSSR count). The van der Waals surface area contributed by atoms with Crippen LogP contribution in [0.3, 0.4) is 0 Å². The number of rotatable bonds is 0. The minimum atomic E-state index is -4.37. The second kappa shape index (κ2) is 3.38. The Morgan fingerprint density at radius 3 is 2.69 bits per heavy atom. The molecule has 0 aliphatic carbocycles. The molecule has 0 bridgehead atoms. The summed E-state index contributed by atoms with van der Waals surface area (Å²) in [6.07, 6.45) is -4.36. The van der Waals surface area contributed by atoms with Gasteiger partial charge in [0.1, 0.15) is 0 Å². The van der Waals surface area contributed by atoms with Crippen molar-refractivity contribution in [3.8, 4) is 0 Å². The zero-order valence-electron chi connectivity index (χ0n) is 8.73. The number of alkyl halides is 3. The third-order valence-electron chi connectivity index (χ3n) is 2.70. The molecule has 0 saturated heterocycles. The number of benzene rings is 1. The molecular formula is C11H12F3NO. The molecule has 0 spiro atoms. The lowest BCUT2D eigenvalue weighted by atomic mass is 9.88. The largest absolute Gasteiger partial charge is 0.416 e. The minimum Gasteiger partial charge on any atom is -0.388 e. The molecule has 1 aromatic rings. The summed E-state index contributed by atoms with van der Waals surface area (Å²) in [6.45, 7) is 1.79. The number of hydrogen-bond acceptors (Lipinski definition) is 2. The number of hydrogen-bond donors (Lipinski definition) is 2. The van der Waals surface area contributed by atoms with Gasteiger partial charge < -0.3 is 10.4 Å². The summed E-state index contributed by atoms with van der Waals surface area (Å²) in [5, 5.41) is 12.6. The summed E-state index contributed by atoms with van der Waals surface area (Å²) in [7, 11) is 0. The Kier molecular flexibility index (Phi) is 2.38. The fourth-order valence-corrected chi connectivity index (χ4v) is 1.94. The zero-order valence-corrected chi connectivity index (χ0v) is 8.73. The fourth-order valence-electron chi connectivity index (χ4n) is 1.94. The molecule has 5 heteroatoms. The van der Waals surface area contributed by atoms with E-state index in [1.165, 1.54) is 13.0 Å². The van der Waals surface area contributed by atoms with Crippen molar-refractivity contribution < 1.29 is 18.3 Å². The van der Waals surface area contributed by atoms with E-state index in [9.17, 15) is 18.3 Å². The lowest BCUT2D eigenvalue weighted by molar-refractivity contribution is -0.138. The standard InChI is InChI=1S/C11H12F3NO/c1-10(16)5-7-8(11(12,13)14)3-2-4-9(7)15-6-10/h2-4,15-16H,5-6H2,1H3. The van der Waals surface area contributed by atoms with E-state index in [1.807, 2.05) is 0 Å². The monoisotopic (exact) mass is 231 g/mol. The molecule has 0 saturated carbocycles. The van der Waals surface area contributed by atoms with Gasteiger partial charge in [0.15, 0.2) is 0 Å². The first kappa shape index (κ1) is 11.3. The molecule has 1 heterocycles. The average Bonchev–Trinajstić information content (AvgIpc) is 2.13. The predicted octanol–water partition coefficient (Wildman–Crippen LogP) is 2.42. The zero-order chi connectivity index (χ0) is 12.0. The molecular weight excluding hydrogens is 219 g/mol. The number of anilines is 1. The predicted molar refractivity (Wildman–Crippen MR) is 54.3 cm³/mol. The van der Waals surface area contributed by atoms with Crippen molar-refractivity contribution >= 4 is 5.69 Å². The van der Waals surface area contributed by atoms with Gasteiger partial charge in [0, 0.05) is 18.7 Å². The molecule has 2 N–H and O–H groups in total. The van der Waals surface area contributed by atoms with Crippen LogP contribution < -0.4 is 5.32 Å². The number of aliphatic hydroxyl groups is 1. The van der Waals surface area contributed by atoms with E-state index in [1.54, 1.807) is 6.07 Å². The van der Waals surface area contributed by atoms with Crippen molar-refractivity contribution in [3.05, 3.63) is 29.3 Å². The van der Waals surface area contributed by atoms with Crippen LogP contribution in [0.5, 0.6) is 0 Å². The van der Waals surface area contributed by atoms with Crippen molar-refractivity contribution in [1.82, 2.24) is 0 Å². The molecule has 1 aliphatic heterocycles. The Balaban J connectivity index is 2.51. The highest BCUT2D eigenvalue weighted by atomic mass is 19.4. The maximum absolute atomic E-state index is 12.7. The smallest absolute Gasteiger partial charge is 0.388 e. The van der Waals surface area contributed by atoms with Gasteiger partial charge in [-0.2, -0.15) is 13.2 Å². The van der Waals surface area contributed by atoms with Crippen molar-refractivity contribution in [2.45, 2.75) is 25.1 Å². The van der Waals surface area contributed by atoms with Gasteiger partial charge in [0.2, 0.25) is 0 Å². The topological polar surface area (TPSA) is 32.3 Å². The van der Waals surface area contributed by atoms with Crippen molar-refractivity contribution in [2.75, 3.05) is 11.9 Å². The Hall–Kier alpha value is -1.23. The van der Waals surface area contributed by atoms with E-state index in [2.05, 4.69) is 5.32 Å². The first-order valence-electron chi connectivity index (χ1n) is 4.95. The first-order valence-corrected chi connectivity index (χ1v) is 4.95. The Bertz CT molecular complexity index is 412. The van der Waals surface area contributed by atoms with E-state index < -0.39 is 17.3 Å². The SMILES string of the molecule is CC1(O)CNc2cccc(C(F)(F)F)c2C1. The number of β-amino-alcohol motifs (C(OH)–C–C–N with tert-alkyl or cyclic N) is 1. The summed E-state index contributed by atoms with van der Waals surface area (Å²) in [5.41, 5.74) is -1.20. The normalized spacial score (nSPS) is 24.8. The second-order valence-electron chi connectivity index (χ2n) is 4.36. The molecule has 0 amide bonds. The Labute approximate surface area is 91.1 Å². The Morgan fingerprint density at radius 2 is 2.06 bits per heavy atom. The summed E-state index contributed by atoms with van der Waals surface area (Å²) in [5.74, 6) is 0. The van der Waals surface area contributed by atoms with Crippen molar-refractivity contribution in [1.29, 1.82) is 0 Å². The second-order valence-corrected chi connectivity index (χ2v) is 4.36. The molecule has 1 unspecified atom stereocenters. The van der Waals surface area contributed by atoms with Gasteiger partial charge in [-0.1, -0.05) is 6.07 Å². The van der Waals surface area contributed by atoms with E-state index in [0.29, 0.717) is 5.69 Å². The van der Waals surface area contributed by atoms with Gasteiger partial charge in [0.05, 0.1) is 11.2 Å². The van der Waals surface area contributed by atoms with Gasteiger partial charge in [0.25, 0.3) is 0 Å². The van der Waals surface area contributed by atoms with Gasteiger partial charge in [-0.3, -0.25) is 0 Å².